The molecule has 3 rings (SSSR count). The first-order chi connectivity index (χ1) is 13.1. The van der Waals surface area contributed by atoms with Crippen LogP contribution in [-0.2, 0) is 4.79 Å². The van der Waals surface area contributed by atoms with Crippen LogP contribution in [0.4, 0.5) is 0 Å². The SMILES string of the molecule is CC(=O)NC(C)C#Cc1cnc(Oc2ccc(Oc3ccccn3)cc2)s1. The first-order valence-corrected chi connectivity index (χ1v) is 9.01. The van der Waals surface area contributed by atoms with E-state index in [9.17, 15) is 4.79 Å². The van der Waals surface area contributed by atoms with Crippen LogP contribution in [0.5, 0.6) is 22.6 Å². The molecule has 0 aliphatic heterocycles. The fraction of sp³-hybridized carbons (Fsp3) is 0.150. The standard InChI is InChI=1S/C20H17N3O3S/c1-14(23-15(2)24)6-11-18-13-22-20(27-18)26-17-9-7-16(8-10-17)25-19-5-3-4-12-21-19/h3-5,7-10,12-14H,1-2H3,(H,23,24). The first-order valence-electron chi connectivity index (χ1n) is 8.20. The third-order valence-electron chi connectivity index (χ3n) is 3.21. The Hall–Kier alpha value is -3.37. The van der Waals surface area contributed by atoms with E-state index in [0.29, 0.717) is 22.6 Å². The van der Waals surface area contributed by atoms with Gasteiger partial charge in [-0.15, -0.1) is 0 Å². The van der Waals surface area contributed by atoms with Crippen molar-refractivity contribution in [1.82, 2.24) is 15.3 Å². The lowest BCUT2D eigenvalue weighted by Gasteiger charge is -2.05. The van der Waals surface area contributed by atoms with Crippen molar-refractivity contribution >= 4 is 17.2 Å². The largest absolute Gasteiger partial charge is 0.439 e. The average Bonchev–Trinajstić information content (AvgIpc) is 3.09. The highest BCUT2D eigenvalue weighted by atomic mass is 32.1. The molecule has 0 saturated carbocycles. The molecule has 0 spiro atoms. The van der Waals surface area contributed by atoms with Gasteiger partial charge in [-0.3, -0.25) is 4.79 Å². The molecule has 27 heavy (non-hydrogen) atoms. The zero-order valence-electron chi connectivity index (χ0n) is 14.8. The number of hydrogen-bond donors (Lipinski definition) is 1. The molecule has 0 fully saturated rings. The maximum Gasteiger partial charge on any atom is 0.279 e. The topological polar surface area (TPSA) is 73.3 Å². The predicted octanol–water partition coefficient (Wildman–Crippen LogP) is 4.00. The van der Waals surface area contributed by atoms with Crippen LogP contribution in [0.3, 0.4) is 0 Å². The summed E-state index contributed by atoms with van der Waals surface area (Å²) in [7, 11) is 0. The highest BCUT2D eigenvalue weighted by Gasteiger charge is 2.05. The highest BCUT2D eigenvalue weighted by molar-refractivity contribution is 7.13. The summed E-state index contributed by atoms with van der Waals surface area (Å²) >= 11 is 1.33. The lowest BCUT2D eigenvalue weighted by molar-refractivity contribution is -0.119. The van der Waals surface area contributed by atoms with Gasteiger partial charge in [0.1, 0.15) is 16.4 Å². The molecule has 7 heteroatoms. The molecule has 0 aliphatic carbocycles. The van der Waals surface area contributed by atoms with Crippen molar-refractivity contribution in [1.29, 1.82) is 0 Å². The third-order valence-corrected chi connectivity index (χ3v) is 4.00. The Kier molecular flexibility index (Phi) is 6.02. The number of rotatable bonds is 5. The van der Waals surface area contributed by atoms with Crippen LogP contribution >= 0.6 is 11.3 Å². The minimum atomic E-state index is -0.222. The van der Waals surface area contributed by atoms with Crippen LogP contribution in [0.1, 0.15) is 18.7 Å². The molecule has 1 amide bonds. The second-order valence-corrected chi connectivity index (χ2v) is 6.52. The molecule has 136 valence electrons. The number of amides is 1. The van der Waals surface area contributed by atoms with Crippen LogP contribution in [0, 0.1) is 11.8 Å². The molecule has 0 radical (unpaired) electrons. The summed E-state index contributed by atoms with van der Waals surface area (Å²) in [5.41, 5.74) is 0. The predicted molar refractivity (Wildman–Crippen MR) is 103 cm³/mol. The molecule has 1 aromatic carbocycles. The molecule has 2 heterocycles. The molecule has 3 aromatic rings. The van der Waals surface area contributed by atoms with Gasteiger partial charge in [-0.1, -0.05) is 29.2 Å². The minimum Gasteiger partial charge on any atom is -0.439 e. The summed E-state index contributed by atoms with van der Waals surface area (Å²) in [6, 6.07) is 12.4. The average molecular weight is 379 g/mol. The van der Waals surface area contributed by atoms with Crippen LogP contribution in [-0.4, -0.2) is 21.9 Å². The molecule has 0 aliphatic rings. The van der Waals surface area contributed by atoms with E-state index in [1.807, 2.05) is 19.1 Å². The summed E-state index contributed by atoms with van der Waals surface area (Å²) in [6.07, 6.45) is 3.32. The molecule has 2 aromatic heterocycles. The number of benzene rings is 1. The molecular weight excluding hydrogens is 362 g/mol. The number of ether oxygens (including phenoxy) is 2. The van der Waals surface area contributed by atoms with E-state index in [2.05, 4.69) is 27.1 Å². The number of thiazole rings is 1. The summed E-state index contributed by atoms with van der Waals surface area (Å²) in [5, 5.41) is 3.20. The number of pyridine rings is 1. The molecule has 0 bridgehead atoms. The molecule has 1 unspecified atom stereocenters. The highest BCUT2D eigenvalue weighted by Crippen LogP contribution is 2.28. The molecule has 1 atom stereocenters. The first kappa shape index (κ1) is 18.4. The maximum absolute atomic E-state index is 11.0. The maximum atomic E-state index is 11.0. The van der Waals surface area contributed by atoms with E-state index in [-0.39, 0.29) is 11.9 Å². The van der Waals surface area contributed by atoms with Crippen molar-refractivity contribution in [3.63, 3.8) is 0 Å². The fourth-order valence-corrected chi connectivity index (χ4v) is 2.73. The van der Waals surface area contributed by atoms with E-state index < -0.39 is 0 Å². The van der Waals surface area contributed by atoms with E-state index in [0.717, 1.165) is 4.88 Å². The molecule has 6 nitrogen and oxygen atoms in total. The van der Waals surface area contributed by atoms with E-state index in [1.54, 1.807) is 42.7 Å². The Bertz CT molecular complexity index is 959. The lowest BCUT2D eigenvalue weighted by Crippen LogP contribution is -2.28. The number of carbonyl (C=O) groups excluding carboxylic acids is 1. The van der Waals surface area contributed by atoms with Gasteiger partial charge in [0.2, 0.25) is 11.8 Å². The van der Waals surface area contributed by atoms with Gasteiger partial charge in [-0.25, -0.2) is 9.97 Å². The van der Waals surface area contributed by atoms with Gasteiger partial charge in [0, 0.05) is 19.2 Å². The Morgan fingerprint density at radius 1 is 1.11 bits per heavy atom. The van der Waals surface area contributed by atoms with Crippen LogP contribution in [0.2, 0.25) is 0 Å². The van der Waals surface area contributed by atoms with Crippen molar-refractivity contribution < 1.29 is 14.3 Å². The van der Waals surface area contributed by atoms with Gasteiger partial charge in [-0.05, 0) is 37.3 Å². The summed E-state index contributed by atoms with van der Waals surface area (Å²) < 4.78 is 11.4. The van der Waals surface area contributed by atoms with Crippen molar-refractivity contribution in [2.45, 2.75) is 19.9 Å². The molecule has 1 N–H and O–H groups in total. The Morgan fingerprint density at radius 2 is 1.85 bits per heavy atom. The zero-order chi connectivity index (χ0) is 19.1. The van der Waals surface area contributed by atoms with Crippen molar-refractivity contribution in [2.75, 3.05) is 0 Å². The quantitative estimate of drug-likeness (QED) is 0.679. The zero-order valence-corrected chi connectivity index (χ0v) is 15.6. The monoisotopic (exact) mass is 379 g/mol. The van der Waals surface area contributed by atoms with Crippen LogP contribution in [0.15, 0.2) is 54.9 Å². The fourth-order valence-electron chi connectivity index (χ4n) is 2.09. The number of carbonyl (C=O) groups is 1. The smallest absolute Gasteiger partial charge is 0.279 e. The van der Waals surface area contributed by atoms with Gasteiger partial charge in [0.25, 0.3) is 5.19 Å². The van der Waals surface area contributed by atoms with Gasteiger partial charge < -0.3 is 14.8 Å². The van der Waals surface area contributed by atoms with Gasteiger partial charge in [0.05, 0.1) is 12.2 Å². The lowest BCUT2D eigenvalue weighted by atomic mass is 10.3. The second kappa shape index (κ2) is 8.83. The number of nitrogens with zero attached hydrogens (tertiary/aromatic N) is 2. The summed E-state index contributed by atoms with van der Waals surface area (Å²) in [5.74, 6) is 7.65. The van der Waals surface area contributed by atoms with Crippen molar-refractivity contribution in [2.24, 2.45) is 0 Å². The van der Waals surface area contributed by atoms with E-state index >= 15 is 0 Å². The van der Waals surface area contributed by atoms with E-state index in [4.69, 9.17) is 9.47 Å². The second-order valence-electron chi connectivity index (χ2n) is 5.53. The summed E-state index contributed by atoms with van der Waals surface area (Å²) in [4.78, 5) is 20.1. The van der Waals surface area contributed by atoms with Crippen molar-refractivity contribution in [3.8, 4) is 34.4 Å². The van der Waals surface area contributed by atoms with Gasteiger partial charge in [0.15, 0.2) is 0 Å². The molecule has 0 saturated heterocycles. The van der Waals surface area contributed by atoms with E-state index in [1.165, 1.54) is 18.3 Å². The number of nitrogens with one attached hydrogen (secondary N) is 1. The number of aromatic nitrogens is 2. The molecular formula is C20H17N3O3S. The van der Waals surface area contributed by atoms with Crippen molar-refractivity contribution in [3.05, 3.63) is 59.7 Å². The number of hydrogen-bond acceptors (Lipinski definition) is 6. The normalized spacial score (nSPS) is 11.0. The van der Waals surface area contributed by atoms with Gasteiger partial charge in [-0.2, -0.15) is 0 Å². The Morgan fingerprint density at radius 3 is 2.52 bits per heavy atom. The third kappa shape index (κ3) is 5.83. The minimum absolute atomic E-state index is 0.111. The summed E-state index contributed by atoms with van der Waals surface area (Å²) in [6.45, 7) is 3.28. The Labute approximate surface area is 161 Å². The van der Waals surface area contributed by atoms with Crippen LogP contribution < -0.4 is 14.8 Å². The Balaban J connectivity index is 1.59. The van der Waals surface area contributed by atoms with Gasteiger partial charge >= 0.3 is 0 Å². The van der Waals surface area contributed by atoms with Crippen LogP contribution in [0.25, 0.3) is 0 Å².